The van der Waals surface area contributed by atoms with Crippen LogP contribution < -0.4 is 5.32 Å². The molecule has 2 aromatic heterocycles. The van der Waals surface area contributed by atoms with Crippen LogP contribution in [0.4, 0.5) is 0 Å². The Hall–Kier alpha value is -1.62. The summed E-state index contributed by atoms with van der Waals surface area (Å²) in [7, 11) is 3.82. The van der Waals surface area contributed by atoms with E-state index in [9.17, 15) is 0 Å². The van der Waals surface area contributed by atoms with Crippen LogP contribution in [0.1, 0.15) is 17.4 Å². The summed E-state index contributed by atoms with van der Waals surface area (Å²) >= 11 is 0. The van der Waals surface area contributed by atoms with Crippen molar-refractivity contribution in [3.8, 4) is 0 Å². The molecule has 80 valence electrons. The van der Waals surface area contributed by atoms with Crippen LogP contribution in [0, 0.1) is 0 Å². The Kier molecular flexibility index (Phi) is 2.82. The van der Waals surface area contributed by atoms with Crippen molar-refractivity contribution in [1.29, 1.82) is 0 Å². The zero-order chi connectivity index (χ0) is 10.7. The number of aromatic nitrogens is 3. The summed E-state index contributed by atoms with van der Waals surface area (Å²) in [4.78, 5) is 4.19. The van der Waals surface area contributed by atoms with Crippen LogP contribution in [0.5, 0.6) is 0 Å². The number of nitrogens with zero attached hydrogens (tertiary/aromatic N) is 3. The van der Waals surface area contributed by atoms with Crippen LogP contribution in [-0.2, 0) is 13.5 Å². The van der Waals surface area contributed by atoms with Gasteiger partial charge in [-0.05, 0) is 13.1 Å². The quantitative estimate of drug-likeness (QED) is 0.808. The lowest BCUT2D eigenvalue weighted by molar-refractivity contribution is 0.528. The fraction of sp³-hybridized carbons (Fsp3) is 0.400. The standard InChI is InChI=1S/C10H14N4O/c1-11-9(8-3-4-15-6-8)5-10-12-7-13-14(10)2/h3-4,6-7,9,11H,5H2,1-2H3. The van der Waals surface area contributed by atoms with E-state index in [0.29, 0.717) is 0 Å². The van der Waals surface area contributed by atoms with Gasteiger partial charge in [-0.1, -0.05) is 0 Å². The summed E-state index contributed by atoms with van der Waals surface area (Å²) < 4.78 is 6.85. The van der Waals surface area contributed by atoms with E-state index in [0.717, 1.165) is 17.8 Å². The van der Waals surface area contributed by atoms with Crippen molar-refractivity contribution < 1.29 is 4.42 Å². The molecule has 1 unspecified atom stereocenters. The van der Waals surface area contributed by atoms with Crippen molar-refractivity contribution >= 4 is 0 Å². The molecule has 0 fully saturated rings. The number of likely N-dealkylation sites (N-methyl/N-ethyl adjacent to an activating group) is 1. The average Bonchev–Trinajstić information content (AvgIpc) is 2.86. The Morgan fingerprint density at radius 2 is 2.47 bits per heavy atom. The summed E-state index contributed by atoms with van der Waals surface area (Å²) in [6.07, 6.45) is 5.79. The lowest BCUT2D eigenvalue weighted by atomic mass is 10.1. The van der Waals surface area contributed by atoms with E-state index in [-0.39, 0.29) is 6.04 Å². The van der Waals surface area contributed by atoms with Gasteiger partial charge in [0.1, 0.15) is 12.2 Å². The lowest BCUT2D eigenvalue weighted by Crippen LogP contribution is -2.20. The summed E-state index contributed by atoms with van der Waals surface area (Å²) in [5.41, 5.74) is 1.13. The van der Waals surface area contributed by atoms with Gasteiger partial charge in [-0.3, -0.25) is 4.68 Å². The van der Waals surface area contributed by atoms with E-state index in [1.165, 1.54) is 0 Å². The Balaban J connectivity index is 2.13. The first-order valence-electron chi connectivity index (χ1n) is 4.83. The van der Waals surface area contributed by atoms with E-state index in [4.69, 9.17) is 4.42 Å². The zero-order valence-corrected chi connectivity index (χ0v) is 8.84. The van der Waals surface area contributed by atoms with Crippen LogP contribution in [0.2, 0.25) is 0 Å². The Bertz CT molecular complexity index is 407. The Morgan fingerprint density at radius 1 is 1.60 bits per heavy atom. The molecule has 0 aliphatic carbocycles. The van der Waals surface area contributed by atoms with E-state index >= 15 is 0 Å². The van der Waals surface area contributed by atoms with Gasteiger partial charge >= 0.3 is 0 Å². The molecule has 0 saturated carbocycles. The molecule has 0 spiro atoms. The molecule has 0 aromatic carbocycles. The summed E-state index contributed by atoms with van der Waals surface area (Å²) in [5, 5.41) is 7.27. The summed E-state index contributed by atoms with van der Waals surface area (Å²) in [5.74, 6) is 0.954. The molecule has 0 amide bonds. The van der Waals surface area contributed by atoms with Crippen LogP contribution in [0.15, 0.2) is 29.3 Å². The van der Waals surface area contributed by atoms with Crippen molar-refractivity contribution in [3.63, 3.8) is 0 Å². The molecule has 2 heterocycles. The second-order valence-electron chi connectivity index (χ2n) is 3.40. The van der Waals surface area contributed by atoms with E-state index in [2.05, 4.69) is 15.4 Å². The highest BCUT2D eigenvalue weighted by atomic mass is 16.3. The van der Waals surface area contributed by atoms with Crippen molar-refractivity contribution in [3.05, 3.63) is 36.3 Å². The molecular formula is C10H14N4O. The highest BCUT2D eigenvalue weighted by molar-refractivity contribution is 5.13. The Morgan fingerprint density at radius 3 is 3.00 bits per heavy atom. The summed E-state index contributed by atoms with van der Waals surface area (Å²) in [6, 6.07) is 2.17. The lowest BCUT2D eigenvalue weighted by Gasteiger charge is -2.13. The number of aryl methyl sites for hydroxylation is 1. The number of rotatable bonds is 4. The van der Waals surface area contributed by atoms with Gasteiger partial charge in [-0.25, -0.2) is 4.98 Å². The van der Waals surface area contributed by atoms with Gasteiger partial charge in [0, 0.05) is 25.1 Å². The van der Waals surface area contributed by atoms with Gasteiger partial charge in [-0.2, -0.15) is 5.10 Å². The van der Waals surface area contributed by atoms with Crippen molar-refractivity contribution in [2.45, 2.75) is 12.5 Å². The first-order valence-corrected chi connectivity index (χ1v) is 4.83. The maximum atomic E-state index is 5.06. The van der Waals surface area contributed by atoms with Gasteiger partial charge < -0.3 is 9.73 Å². The molecule has 15 heavy (non-hydrogen) atoms. The molecule has 0 radical (unpaired) electrons. The highest BCUT2D eigenvalue weighted by Gasteiger charge is 2.13. The average molecular weight is 206 g/mol. The second kappa shape index (κ2) is 4.27. The minimum Gasteiger partial charge on any atom is -0.472 e. The maximum absolute atomic E-state index is 5.06. The number of nitrogens with one attached hydrogen (secondary N) is 1. The molecule has 2 rings (SSSR count). The Labute approximate surface area is 88.1 Å². The van der Waals surface area contributed by atoms with Gasteiger partial charge in [0.25, 0.3) is 0 Å². The fourth-order valence-corrected chi connectivity index (χ4v) is 1.55. The molecule has 5 heteroatoms. The third kappa shape index (κ3) is 2.07. The molecule has 0 saturated heterocycles. The van der Waals surface area contributed by atoms with Crippen molar-refractivity contribution in [2.75, 3.05) is 7.05 Å². The van der Waals surface area contributed by atoms with Crippen molar-refractivity contribution in [1.82, 2.24) is 20.1 Å². The third-order valence-corrected chi connectivity index (χ3v) is 2.49. The largest absolute Gasteiger partial charge is 0.472 e. The molecule has 0 bridgehead atoms. The molecule has 1 atom stereocenters. The van der Waals surface area contributed by atoms with Crippen LogP contribution in [0.3, 0.4) is 0 Å². The first kappa shape index (κ1) is 9.92. The highest BCUT2D eigenvalue weighted by Crippen LogP contribution is 2.16. The molecule has 5 nitrogen and oxygen atoms in total. The maximum Gasteiger partial charge on any atom is 0.138 e. The molecule has 0 aliphatic heterocycles. The number of furan rings is 1. The van der Waals surface area contributed by atoms with Crippen LogP contribution >= 0.6 is 0 Å². The predicted octanol–water partition coefficient (Wildman–Crippen LogP) is 0.911. The van der Waals surface area contributed by atoms with Gasteiger partial charge in [0.15, 0.2) is 0 Å². The van der Waals surface area contributed by atoms with E-state index in [1.807, 2.05) is 20.2 Å². The van der Waals surface area contributed by atoms with E-state index < -0.39 is 0 Å². The van der Waals surface area contributed by atoms with Gasteiger partial charge in [0.2, 0.25) is 0 Å². The van der Waals surface area contributed by atoms with E-state index in [1.54, 1.807) is 23.5 Å². The fourth-order valence-electron chi connectivity index (χ4n) is 1.55. The minimum atomic E-state index is 0.214. The topological polar surface area (TPSA) is 55.9 Å². The number of hydrogen-bond donors (Lipinski definition) is 1. The normalized spacial score (nSPS) is 12.9. The number of hydrogen-bond acceptors (Lipinski definition) is 4. The zero-order valence-electron chi connectivity index (χ0n) is 8.84. The smallest absolute Gasteiger partial charge is 0.138 e. The molecule has 1 N–H and O–H groups in total. The van der Waals surface area contributed by atoms with Crippen molar-refractivity contribution in [2.24, 2.45) is 7.05 Å². The van der Waals surface area contributed by atoms with Gasteiger partial charge in [0.05, 0.1) is 12.5 Å². The molecule has 2 aromatic rings. The first-order chi connectivity index (χ1) is 7.31. The van der Waals surface area contributed by atoms with Gasteiger partial charge in [-0.15, -0.1) is 0 Å². The SMILES string of the molecule is CNC(Cc1ncnn1C)c1ccoc1. The molecule has 0 aliphatic rings. The third-order valence-electron chi connectivity index (χ3n) is 2.49. The van der Waals surface area contributed by atoms with Crippen LogP contribution in [0.25, 0.3) is 0 Å². The molecular weight excluding hydrogens is 192 g/mol. The second-order valence-corrected chi connectivity index (χ2v) is 3.40. The summed E-state index contributed by atoms with van der Waals surface area (Å²) in [6.45, 7) is 0. The van der Waals surface area contributed by atoms with Crippen LogP contribution in [-0.4, -0.2) is 21.8 Å². The monoisotopic (exact) mass is 206 g/mol. The minimum absolute atomic E-state index is 0.214. The predicted molar refractivity (Wildman–Crippen MR) is 55.2 cm³/mol.